The van der Waals surface area contributed by atoms with Crippen LogP contribution in [0.2, 0.25) is 15.1 Å². The van der Waals surface area contributed by atoms with Gasteiger partial charge in [-0.1, -0.05) is 34.8 Å². The van der Waals surface area contributed by atoms with Gasteiger partial charge < -0.3 is 9.64 Å². The molecule has 0 spiro atoms. The highest BCUT2D eigenvalue weighted by molar-refractivity contribution is 7.92. The SMILES string of the molecule is CN1CC[C@H](Oc2cc(NS(=O)(=O)c3ccc(Cl)c(Cl)c3Cl)ccc2C(F)(F)F)C1. The Morgan fingerprint density at radius 3 is 2.43 bits per heavy atom. The minimum absolute atomic E-state index is 0.0624. The van der Waals surface area contributed by atoms with Crippen LogP contribution >= 0.6 is 34.8 Å². The molecular formula is C18H16Cl3F3N2O3S. The number of benzene rings is 2. The molecule has 2 aromatic carbocycles. The summed E-state index contributed by atoms with van der Waals surface area (Å²) in [6.45, 7) is 1.15. The molecule has 1 heterocycles. The number of ether oxygens (including phenoxy) is 1. The number of likely N-dealkylation sites (tertiary alicyclic amines) is 1. The normalized spacial score (nSPS) is 17.9. The Morgan fingerprint density at radius 1 is 1.13 bits per heavy atom. The van der Waals surface area contributed by atoms with Gasteiger partial charge in [-0.25, -0.2) is 8.42 Å². The summed E-state index contributed by atoms with van der Waals surface area (Å²) in [4.78, 5) is 1.56. The van der Waals surface area contributed by atoms with Crippen molar-refractivity contribution >= 4 is 50.5 Å². The Labute approximate surface area is 186 Å². The van der Waals surface area contributed by atoms with Gasteiger partial charge in [0.25, 0.3) is 10.0 Å². The summed E-state index contributed by atoms with van der Waals surface area (Å²) >= 11 is 17.7. The first-order valence-corrected chi connectivity index (χ1v) is 11.2. The summed E-state index contributed by atoms with van der Waals surface area (Å²) in [5, 5.41) is -0.385. The van der Waals surface area contributed by atoms with E-state index in [1.165, 1.54) is 6.07 Å². The van der Waals surface area contributed by atoms with Crippen molar-refractivity contribution in [3.8, 4) is 5.75 Å². The quantitative estimate of drug-likeness (QED) is 0.544. The first-order chi connectivity index (χ1) is 13.9. The standard InChI is InChI=1S/C18H16Cl3F3N2O3S/c1-26-7-6-11(9-26)29-14-8-10(2-3-12(14)18(22,23)24)25-30(27,28)15-5-4-13(19)16(20)17(15)21/h2-5,8,11,25H,6-7,9H2,1H3/t11-/m0/s1. The summed E-state index contributed by atoms with van der Waals surface area (Å²) in [5.41, 5.74) is -1.11. The second-order valence-electron chi connectivity index (χ2n) is 6.78. The number of sulfonamides is 1. The lowest BCUT2D eigenvalue weighted by Crippen LogP contribution is -2.23. The Kier molecular flexibility index (Phi) is 6.69. The lowest BCUT2D eigenvalue weighted by Gasteiger charge is -2.19. The van der Waals surface area contributed by atoms with Crippen molar-refractivity contribution in [2.45, 2.75) is 23.6 Å². The van der Waals surface area contributed by atoms with E-state index in [0.29, 0.717) is 19.5 Å². The van der Waals surface area contributed by atoms with E-state index >= 15 is 0 Å². The number of anilines is 1. The molecule has 0 saturated carbocycles. The maximum absolute atomic E-state index is 13.4. The molecule has 0 radical (unpaired) electrons. The highest BCUT2D eigenvalue weighted by Gasteiger charge is 2.36. The zero-order chi connectivity index (χ0) is 22.3. The van der Waals surface area contributed by atoms with E-state index in [2.05, 4.69) is 4.72 Å². The van der Waals surface area contributed by atoms with Gasteiger partial charge in [0.1, 0.15) is 16.7 Å². The maximum Gasteiger partial charge on any atom is 0.419 e. The predicted molar refractivity (Wildman–Crippen MR) is 110 cm³/mol. The topological polar surface area (TPSA) is 58.6 Å². The molecule has 1 atom stereocenters. The van der Waals surface area contributed by atoms with Crippen molar-refractivity contribution in [2.24, 2.45) is 0 Å². The molecular weight excluding hydrogens is 488 g/mol. The van der Waals surface area contributed by atoms with Crippen molar-refractivity contribution in [2.75, 3.05) is 24.9 Å². The average molecular weight is 504 g/mol. The van der Waals surface area contributed by atoms with Crippen LogP contribution in [0.3, 0.4) is 0 Å². The van der Waals surface area contributed by atoms with Crippen LogP contribution in [0.5, 0.6) is 5.75 Å². The third-order valence-electron chi connectivity index (χ3n) is 4.47. The van der Waals surface area contributed by atoms with Gasteiger partial charge >= 0.3 is 6.18 Å². The molecule has 0 bridgehead atoms. The van der Waals surface area contributed by atoms with Gasteiger partial charge in [-0.3, -0.25) is 4.72 Å². The minimum atomic E-state index is -4.66. The van der Waals surface area contributed by atoms with Crippen molar-refractivity contribution in [1.82, 2.24) is 4.90 Å². The maximum atomic E-state index is 13.4. The van der Waals surface area contributed by atoms with E-state index in [4.69, 9.17) is 39.5 Å². The lowest BCUT2D eigenvalue weighted by molar-refractivity contribution is -0.139. The second-order valence-corrected chi connectivity index (χ2v) is 9.59. The minimum Gasteiger partial charge on any atom is -0.488 e. The van der Waals surface area contributed by atoms with Crippen LogP contribution in [-0.4, -0.2) is 39.6 Å². The Morgan fingerprint density at radius 2 is 1.83 bits per heavy atom. The molecule has 30 heavy (non-hydrogen) atoms. The molecule has 1 N–H and O–H groups in total. The molecule has 12 heteroatoms. The summed E-state index contributed by atoms with van der Waals surface area (Å²) < 4.78 is 73.3. The number of likely N-dealkylation sites (N-methyl/N-ethyl adjacent to an activating group) is 1. The Bertz CT molecular complexity index is 1060. The number of nitrogens with zero attached hydrogens (tertiary/aromatic N) is 1. The molecule has 0 aromatic heterocycles. The number of hydrogen-bond acceptors (Lipinski definition) is 4. The Balaban J connectivity index is 1.94. The van der Waals surface area contributed by atoms with Crippen molar-refractivity contribution in [3.05, 3.63) is 51.0 Å². The molecule has 1 aliphatic heterocycles. The summed E-state index contributed by atoms with van der Waals surface area (Å²) in [6.07, 6.45) is -4.54. The van der Waals surface area contributed by atoms with Crippen molar-refractivity contribution in [3.63, 3.8) is 0 Å². The molecule has 1 fully saturated rings. The third kappa shape index (κ3) is 5.08. The number of rotatable bonds is 5. The van der Waals surface area contributed by atoms with E-state index in [1.54, 1.807) is 0 Å². The largest absolute Gasteiger partial charge is 0.488 e. The molecule has 2 aromatic rings. The van der Waals surface area contributed by atoms with Gasteiger partial charge in [0.15, 0.2) is 0 Å². The molecule has 1 aliphatic rings. The monoisotopic (exact) mass is 502 g/mol. The fourth-order valence-electron chi connectivity index (χ4n) is 3.01. The molecule has 0 amide bonds. The van der Waals surface area contributed by atoms with Crippen LogP contribution < -0.4 is 9.46 Å². The van der Waals surface area contributed by atoms with Crippen molar-refractivity contribution in [1.29, 1.82) is 0 Å². The van der Waals surface area contributed by atoms with Crippen LogP contribution in [0.4, 0.5) is 18.9 Å². The second kappa shape index (κ2) is 8.63. The number of nitrogens with one attached hydrogen (secondary N) is 1. The van der Waals surface area contributed by atoms with E-state index in [0.717, 1.165) is 24.3 Å². The first-order valence-electron chi connectivity index (χ1n) is 8.61. The zero-order valence-electron chi connectivity index (χ0n) is 15.4. The third-order valence-corrected chi connectivity index (χ3v) is 7.30. The Hall–Kier alpha value is -1.39. The summed E-state index contributed by atoms with van der Waals surface area (Å²) in [7, 11) is -2.42. The fraction of sp³-hybridized carbons (Fsp3) is 0.333. The molecule has 1 saturated heterocycles. The van der Waals surface area contributed by atoms with Gasteiger partial charge in [-0.15, -0.1) is 0 Å². The number of halogens is 6. The summed E-state index contributed by atoms with van der Waals surface area (Å²) in [5.74, 6) is -0.455. The van der Waals surface area contributed by atoms with Gasteiger partial charge in [0, 0.05) is 19.2 Å². The highest BCUT2D eigenvalue weighted by Crippen LogP contribution is 2.40. The van der Waals surface area contributed by atoms with E-state index in [9.17, 15) is 21.6 Å². The number of alkyl halides is 3. The van der Waals surface area contributed by atoms with Gasteiger partial charge in [0.05, 0.1) is 26.3 Å². The first kappa shape index (κ1) is 23.3. The molecule has 0 unspecified atom stereocenters. The van der Waals surface area contributed by atoms with Crippen molar-refractivity contribution < 1.29 is 26.3 Å². The predicted octanol–water partition coefficient (Wildman–Crippen LogP) is 5.55. The fourth-order valence-corrected chi connectivity index (χ4v) is 5.04. The van der Waals surface area contributed by atoms with Gasteiger partial charge in [-0.05, 0) is 37.7 Å². The van der Waals surface area contributed by atoms with Gasteiger partial charge in [0.2, 0.25) is 0 Å². The average Bonchev–Trinajstić information content (AvgIpc) is 3.03. The zero-order valence-corrected chi connectivity index (χ0v) is 18.5. The molecule has 3 rings (SSSR count). The molecule has 0 aliphatic carbocycles. The summed E-state index contributed by atoms with van der Waals surface area (Å²) in [6, 6.07) is 5.17. The lowest BCUT2D eigenvalue weighted by atomic mass is 10.1. The van der Waals surface area contributed by atoms with Crippen LogP contribution in [0, 0.1) is 0 Å². The van der Waals surface area contributed by atoms with Crippen LogP contribution in [0.1, 0.15) is 12.0 Å². The van der Waals surface area contributed by atoms with Crippen LogP contribution in [-0.2, 0) is 16.2 Å². The van der Waals surface area contributed by atoms with Crippen LogP contribution in [0.25, 0.3) is 0 Å². The highest BCUT2D eigenvalue weighted by atomic mass is 35.5. The smallest absolute Gasteiger partial charge is 0.419 e. The van der Waals surface area contributed by atoms with E-state index in [1.807, 2.05) is 11.9 Å². The molecule has 5 nitrogen and oxygen atoms in total. The van der Waals surface area contributed by atoms with E-state index < -0.39 is 33.6 Å². The van der Waals surface area contributed by atoms with E-state index in [-0.39, 0.29) is 25.7 Å². The van der Waals surface area contributed by atoms with Gasteiger partial charge in [-0.2, -0.15) is 13.2 Å². The number of hydrogen-bond donors (Lipinski definition) is 1. The molecule has 164 valence electrons. The van der Waals surface area contributed by atoms with Crippen LogP contribution in [0.15, 0.2) is 35.2 Å².